The number of amides is 4. The fourth-order valence-electron chi connectivity index (χ4n) is 3.20. The van der Waals surface area contributed by atoms with E-state index in [0.29, 0.717) is 22.3 Å². The Hall–Kier alpha value is -3.52. The molecule has 1 saturated heterocycles. The molecule has 1 aromatic carbocycles. The average molecular weight is 428 g/mol. The fraction of sp³-hybridized carbons (Fsp3) is 0.190. The Morgan fingerprint density at radius 1 is 1.17 bits per heavy atom. The van der Waals surface area contributed by atoms with Gasteiger partial charge < -0.3 is 19.5 Å². The predicted octanol–water partition coefficient (Wildman–Crippen LogP) is 3.28. The number of benzene rings is 1. The van der Waals surface area contributed by atoms with Gasteiger partial charge in [-0.2, -0.15) is 0 Å². The van der Waals surface area contributed by atoms with Crippen LogP contribution >= 0.6 is 11.6 Å². The first-order valence-corrected chi connectivity index (χ1v) is 9.54. The number of hydrogen-bond donors (Lipinski definition) is 2. The van der Waals surface area contributed by atoms with Gasteiger partial charge in [0.1, 0.15) is 23.8 Å². The first kappa shape index (κ1) is 19.8. The van der Waals surface area contributed by atoms with Crippen LogP contribution < -0.4 is 10.6 Å². The van der Waals surface area contributed by atoms with Crippen molar-refractivity contribution in [1.82, 2.24) is 15.5 Å². The van der Waals surface area contributed by atoms with Crippen LogP contribution in [0.15, 0.2) is 63.6 Å². The van der Waals surface area contributed by atoms with Gasteiger partial charge in [-0.1, -0.05) is 11.6 Å². The van der Waals surface area contributed by atoms with Crippen LogP contribution in [0, 0.1) is 0 Å². The minimum atomic E-state index is -1.34. The van der Waals surface area contributed by atoms with Crippen molar-refractivity contribution in [2.45, 2.75) is 19.0 Å². The van der Waals surface area contributed by atoms with Crippen LogP contribution in [0.3, 0.4) is 0 Å². The van der Waals surface area contributed by atoms with E-state index in [2.05, 4.69) is 10.6 Å². The third kappa shape index (κ3) is 3.69. The number of carbonyl (C=O) groups is 3. The minimum absolute atomic E-state index is 0.117. The minimum Gasteiger partial charge on any atom is -0.466 e. The second kappa shape index (κ2) is 7.72. The molecule has 0 unspecified atom stereocenters. The summed E-state index contributed by atoms with van der Waals surface area (Å²) in [5.41, 5.74) is -0.483. The normalized spacial score (nSPS) is 18.5. The Labute approximate surface area is 176 Å². The Kier molecular flexibility index (Phi) is 5.09. The third-order valence-electron chi connectivity index (χ3n) is 4.84. The van der Waals surface area contributed by atoms with E-state index in [4.69, 9.17) is 20.4 Å². The molecule has 1 aliphatic heterocycles. The highest BCUT2D eigenvalue weighted by Crippen LogP contribution is 2.29. The van der Waals surface area contributed by atoms with Crippen LogP contribution in [-0.4, -0.2) is 29.3 Å². The highest BCUT2D eigenvalue weighted by atomic mass is 35.5. The van der Waals surface area contributed by atoms with Crippen molar-refractivity contribution in [3.8, 4) is 11.3 Å². The molecular weight excluding hydrogens is 410 g/mol. The van der Waals surface area contributed by atoms with E-state index in [1.54, 1.807) is 36.4 Å². The molecule has 4 rings (SSSR count). The lowest BCUT2D eigenvalue weighted by Gasteiger charge is -2.18. The summed E-state index contributed by atoms with van der Waals surface area (Å²) in [7, 11) is 0. The van der Waals surface area contributed by atoms with E-state index in [9.17, 15) is 14.4 Å². The monoisotopic (exact) mass is 427 g/mol. The molecule has 1 atom stereocenters. The largest absolute Gasteiger partial charge is 0.466 e. The fourth-order valence-corrected chi connectivity index (χ4v) is 3.32. The van der Waals surface area contributed by atoms with E-state index < -0.39 is 29.9 Å². The standard InChI is InChI=1S/C21H18ClN3O5/c1-21(17-3-2-10-29-17)19(27)25(20(28)24-21)12-18(26)23-11-15-8-9-16(30-15)13-4-6-14(22)7-5-13/h2-10H,11-12H2,1H3,(H,23,26)(H,24,28)/t21-/m1/s1. The second-order valence-electron chi connectivity index (χ2n) is 6.97. The molecule has 4 amide bonds. The van der Waals surface area contributed by atoms with Crippen molar-refractivity contribution in [1.29, 1.82) is 0 Å². The lowest BCUT2D eigenvalue weighted by Crippen LogP contribution is -2.43. The molecule has 0 saturated carbocycles. The zero-order chi connectivity index (χ0) is 21.3. The Bertz CT molecular complexity index is 1090. The summed E-state index contributed by atoms with van der Waals surface area (Å²) in [6.07, 6.45) is 1.41. The maximum Gasteiger partial charge on any atom is 0.325 e. The van der Waals surface area contributed by atoms with Gasteiger partial charge in [0.2, 0.25) is 5.91 Å². The molecule has 0 bridgehead atoms. The Morgan fingerprint density at radius 3 is 2.63 bits per heavy atom. The molecule has 30 heavy (non-hydrogen) atoms. The van der Waals surface area contributed by atoms with E-state index >= 15 is 0 Å². The van der Waals surface area contributed by atoms with Crippen LogP contribution in [0.2, 0.25) is 5.02 Å². The summed E-state index contributed by atoms with van der Waals surface area (Å²) in [5, 5.41) is 5.85. The lowest BCUT2D eigenvalue weighted by atomic mass is 9.99. The van der Waals surface area contributed by atoms with Gasteiger partial charge in [-0.05, 0) is 55.5 Å². The van der Waals surface area contributed by atoms with Crippen molar-refractivity contribution < 1.29 is 23.2 Å². The van der Waals surface area contributed by atoms with Gasteiger partial charge >= 0.3 is 6.03 Å². The molecule has 0 aliphatic carbocycles. The van der Waals surface area contributed by atoms with Crippen molar-refractivity contribution in [3.63, 3.8) is 0 Å². The molecule has 1 fully saturated rings. The molecule has 0 radical (unpaired) electrons. The van der Waals surface area contributed by atoms with Gasteiger partial charge in [0, 0.05) is 10.6 Å². The molecule has 3 aromatic rings. The van der Waals surface area contributed by atoms with E-state index in [-0.39, 0.29) is 6.54 Å². The predicted molar refractivity (Wildman–Crippen MR) is 107 cm³/mol. The molecule has 2 N–H and O–H groups in total. The zero-order valence-corrected chi connectivity index (χ0v) is 16.7. The van der Waals surface area contributed by atoms with Crippen molar-refractivity contribution in [3.05, 3.63) is 71.3 Å². The van der Waals surface area contributed by atoms with Crippen LogP contribution in [-0.2, 0) is 21.7 Å². The molecule has 154 valence electrons. The van der Waals surface area contributed by atoms with Gasteiger partial charge in [-0.15, -0.1) is 0 Å². The van der Waals surface area contributed by atoms with Gasteiger partial charge in [0.25, 0.3) is 5.91 Å². The quantitative estimate of drug-likeness (QED) is 0.587. The number of furan rings is 2. The maximum absolute atomic E-state index is 12.7. The number of imide groups is 1. The molecule has 0 spiro atoms. The van der Waals surface area contributed by atoms with E-state index in [0.717, 1.165) is 10.5 Å². The number of urea groups is 1. The molecular formula is C21H18ClN3O5. The summed E-state index contributed by atoms with van der Waals surface area (Å²) in [5.74, 6) is 0.423. The van der Waals surface area contributed by atoms with E-state index in [1.807, 2.05) is 12.1 Å². The molecule has 1 aliphatic rings. The van der Waals surface area contributed by atoms with Gasteiger partial charge in [-0.3, -0.25) is 14.5 Å². The van der Waals surface area contributed by atoms with Crippen molar-refractivity contribution in [2.24, 2.45) is 0 Å². The topological polar surface area (TPSA) is 105 Å². The first-order chi connectivity index (χ1) is 14.4. The summed E-state index contributed by atoms with van der Waals surface area (Å²) in [4.78, 5) is 38.1. The second-order valence-corrected chi connectivity index (χ2v) is 7.41. The SMILES string of the molecule is C[C@]1(c2ccco2)NC(=O)N(CC(=O)NCc2ccc(-c3ccc(Cl)cc3)o2)C1=O. The van der Waals surface area contributed by atoms with Gasteiger partial charge in [-0.25, -0.2) is 4.79 Å². The molecule has 3 heterocycles. The van der Waals surface area contributed by atoms with Gasteiger partial charge in [0.05, 0.1) is 12.8 Å². The van der Waals surface area contributed by atoms with Crippen molar-refractivity contribution >= 4 is 29.4 Å². The average Bonchev–Trinajstić information content (AvgIpc) is 3.46. The first-order valence-electron chi connectivity index (χ1n) is 9.16. The summed E-state index contributed by atoms with van der Waals surface area (Å²) in [6.45, 7) is 1.24. The maximum atomic E-state index is 12.7. The van der Waals surface area contributed by atoms with Crippen LogP contribution in [0.25, 0.3) is 11.3 Å². The number of halogens is 1. The van der Waals surface area contributed by atoms with Crippen LogP contribution in [0.5, 0.6) is 0 Å². The summed E-state index contributed by atoms with van der Waals surface area (Å²) < 4.78 is 11.0. The lowest BCUT2D eigenvalue weighted by molar-refractivity contribution is -0.135. The van der Waals surface area contributed by atoms with E-state index in [1.165, 1.54) is 13.2 Å². The Morgan fingerprint density at radius 2 is 1.93 bits per heavy atom. The Balaban J connectivity index is 1.36. The highest BCUT2D eigenvalue weighted by molar-refractivity contribution is 6.30. The number of hydrogen-bond acceptors (Lipinski definition) is 5. The third-order valence-corrected chi connectivity index (χ3v) is 5.09. The number of nitrogens with one attached hydrogen (secondary N) is 2. The van der Waals surface area contributed by atoms with Gasteiger partial charge in [0.15, 0.2) is 5.54 Å². The van der Waals surface area contributed by atoms with Crippen LogP contribution in [0.1, 0.15) is 18.4 Å². The molecule has 9 heteroatoms. The zero-order valence-electron chi connectivity index (χ0n) is 16.0. The number of nitrogens with zero attached hydrogens (tertiary/aromatic N) is 1. The summed E-state index contributed by atoms with van der Waals surface area (Å²) in [6, 6.07) is 13.3. The smallest absolute Gasteiger partial charge is 0.325 e. The van der Waals surface area contributed by atoms with Crippen molar-refractivity contribution in [2.75, 3.05) is 6.54 Å². The number of rotatable bonds is 6. The highest BCUT2D eigenvalue weighted by Gasteiger charge is 2.51. The van der Waals surface area contributed by atoms with Crippen LogP contribution in [0.4, 0.5) is 4.79 Å². The molecule has 8 nitrogen and oxygen atoms in total. The number of carbonyl (C=O) groups excluding carboxylic acids is 3. The summed E-state index contributed by atoms with van der Waals surface area (Å²) >= 11 is 5.89. The molecule has 2 aromatic heterocycles.